The first-order valence-electron chi connectivity index (χ1n) is 11.5. The Balaban J connectivity index is 1.20. The van der Waals surface area contributed by atoms with Crippen LogP contribution in [0.15, 0.2) is 82.6 Å². The predicted molar refractivity (Wildman–Crippen MR) is 134 cm³/mol. The minimum Gasteiger partial charge on any atom is -0.461 e. The molecule has 2 amide bonds. The van der Waals surface area contributed by atoms with E-state index < -0.39 is 0 Å². The largest absolute Gasteiger partial charge is 0.461 e. The summed E-state index contributed by atoms with van der Waals surface area (Å²) >= 11 is 1.34. The van der Waals surface area contributed by atoms with Gasteiger partial charge >= 0.3 is 0 Å². The Labute approximate surface area is 207 Å². The van der Waals surface area contributed by atoms with Crippen LogP contribution in [0.3, 0.4) is 0 Å². The second-order valence-electron chi connectivity index (χ2n) is 8.24. The summed E-state index contributed by atoms with van der Waals surface area (Å²) < 4.78 is 7.50. The van der Waals surface area contributed by atoms with Crippen LogP contribution < -0.4 is 10.2 Å². The molecular formula is C26H25N5O3S. The van der Waals surface area contributed by atoms with Gasteiger partial charge in [0.1, 0.15) is 0 Å². The first kappa shape index (κ1) is 22.9. The van der Waals surface area contributed by atoms with E-state index in [9.17, 15) is 9.59 Å². The van der Waals surface area contributed by atoms with Gasteiger partial charge in [-0.3, -0.25) is 14.2 Å². The number of carbonyl (C=O) groups excluding carboxylic acids is 2. The number of aromatic nitrogens is 3. The molecule has 4 aromatic rings. The Hall–Kier alpha value is -3.85. The van der Waals surface area contributed by atoms with Gasteiger partial charge in [-0.25, -0.2) is 0 Å². The minimum atomic E-state index is -0.0948. The molecule has 0 unspecified atom stereocenters. The summed E-state index contributed by atoms with van der Waals surface area (Å²) in [5, 5.41) is 12.2. The van der Waals surface area contributed by atoms with Crippen molar-refractivity contribution >= 4 is 29.3 Å². The Kier molecular flexibility index (Phi) is 6.94. The molecule has 1 aliphatic rings. The monoisotopic (exact) mass is 487 g/mol. The quantitative estimate of drug-likeness (QED) is 0.357. The van der Waals surface area contributed by atoms with Crippen molar-refractivity contribution in [3.63, 3.8) is 0 Å². The number of hydrogen-bond donors (Lipinski definition) is 1. The molecule has 0 radical (unpaired) electrons. The molecule has 0 saturated carbocycles. The first-order valence-corrected chi connectivity index (χ1v) is 12.5. The fraction of sp³-hybridized carbons (Fsp3) is 0.231. The topological polar surface area (TPSA) is 93.3 Å². The maximum Gasteiger partial charge on any atom is 0.230 e. The van der Waals surface area contributed by atoms with Crippen LogP contribution in [-0.2, 0) is 22.7 Å². The van der Waals surface area contributed by atoms with Gasteiger partial charge in [-0.15, -0.1) is 10.2 Å². The van der Waals surface area contributed by atoms with Gasteiger partial charge < -0.3 is 14.6 Å². The molecule has 1 aliphatic heterocycles. The highest BCUT2D eigenvalue weighted by atomic mass is 32.2. The molecule has 5 rings (SSSR count). The molecule has 1 saturated heterocycles. The minimum absolute atomic E-state index is 0.0948. The molecule has 0 atom stereocenters. The zero-order valence-corrected chi connectivity index (χ0v) is 19.9. The predicted octanol–water partition coefficient (Wildman–Crippen LogP) is 4.12. The van der Waals surface area contributed by atoms with Crippen LogP contribution in [-0.4, -0.2) is 38.9 Å². The third-order valence-electron chi connectivity index (χ3n) is 5.79. The van der Waals surface area contributed by atoms with Crippen molar-refractivity contribution in [1.82, 2.24) is 20.1 Å². The van der Waals surface area contributed by atoms with E-state index in [2.05, 4.69) is 15.5 Å². The summed E-state index contributed by atoms with van der Waals surface area (Å²) in [5.74, 6) is 1.54. The lowest BCUT2D eigenvalue weighted by molar-refractivity contribution is -0.119. The number of nitrogens with one attached hydrogen (secondary N) is 1. The molecule has 0 bridgehead atoms. The molecule has 9 heteroatoms. The Morgan fingerprint density at radius 2 is 1.83 bits per heavy atom. The van der Waals surface area contributed by atoms with E-state index in [4.69, 9.17) is 4.42 Å². The van der Waals surface area contributed by atoms with Crippen LogP contribution >= 0.6 is 11.8 Å². The number of hydrogen-bond acceptors (Lipinski definition) is 6. The van der Waals surface area contributed by atoms with Crippen LogP contribution in [0.1, 0.15) is 24.0 Å². The fourth-order valence-corrected chi connectivity index (χ4v) is 4.76. The number of nitrogens with zero attached hydrogens (tertiary/aromatic N) is 4. The zero-order valence-electron chi connectivity index (χ0n) is 19.1. The van der Waals surface area contributed by atoms with Gasteiger partial charge in [0.15, 0.2) is 10.9 Å². The van der Waals surface area contributed by atoms with Crippen molar-refractivity contribution in [1.29, 1.82) is 0 Å². The molecule has 1 N–H and O–H groups in total. The molecule has 0 aliphatic carbocycles. The van der Waals surface area contributed by atoms with Gasteiger partial charge in [0.05, 0.1) is 18.6 Å². The standard InChI is InChI=1S/C26H25N5O3S/c32-23(27-16-19-10-12-21(13-11-19)30-14-4-9-24(30)33)18-35-26-29-28-25(22-8-5-15-34-22)31(26)17-20-6-2-1-3-7-20/h1-3,5-8,10-13,15H,4,9,14,16-18H2,(H,27,32). The zero-order chi connectivity index (χ0) is 24.0. The fourth-order valence-electron chi connectivity index (χ4n) is 3.99. The van der Waals surface area contributed by atoms with E-state index >= 15 is 0 Å². The number of rotatable bonds is 9. The summed E-state index contributed by atoms with van der Waals surface area (Å²) in [4.78, 5) is 26.3. The number of thioether (sulfide) groups is 1. The SMILES string of the molecule is O=C(CSc1nnc(-c2ccco2)n1Cc1ccccc1)NCc1ccc(N2CCCC2=O)cc1. The highest BCUT2D eigenvalue weighted by molar-refractivity contribution is 7.99. The van der Waals surface area contributed by atoms with E-state index in [0.29, 0.717) is 36.3 Å². The molecule has 0 spiro atoms. The lowest BCUT2D eigenvalue weighted by atomic mass is 10.2. The molecule has 2 aromatic heterocycles. The Bertz CT molecular complexity index is 1290. The molecule has 35 heavy (non-hydrogen) atoms. The third kappa shape index (κ3) is 5.46. The highest BCUT2D eigenvalue weighted by Gasteiger charge is 2.21. The maximum absolute atomic E-state index is 12.6. The van der Waals surface area contributed by atoms with E-state index in [1.807, 2.05) is 76.2 Å². The van der Waals surface area contributed by atoms with Gasteiger partial charge in [-0.05, 0) is 41.8 Å². The van der Waals surface area contributed by atoms with Gasteiger partial charge in [0, 0.05) is 25.2 Å². The van der Waals surface area contributed by atoms with Crippen LogP contribution in [0.5, 0.6) is 0 Å². The van der Waals surface area contributed by atoms with Crippen molar-refractivity contribution < 1.29 is 14.0 Å². The lowest BCUT2D eigenvalue weighted by Crippen LogP contribution is -2.25. The lowest BCUT2D eigenvalue weighted by Gasteiger charge is -2.16. The Morgan fingerprint density at radius 1 is 1.00 bits per heavy atom. The Morgan fingerprint density at radius 3 is 2.54 bits per heavy atom. The summed E-state index contributed by atoms with van der Waals surface area (Å²) in [7, 11) is 0. The number of benzene rings is 2. The van der Waals surface area contributed by atoms with Crippen LogP contribution in [0, 0.1) is 0 Å². The second-order valence-corrected chi connectivity index (χ2v) is 9.18. The van der Waals surface area contributed by atoms with Crippen molar-refractivity contribution in [3.8, 4) is 11.6 Å². The van der Waals surface area contributed by atoms with Gasteiger partial charge in [-0.2, -0.15) is 0 Å². The normalized spacial score (nSPS) is 13.4. The second kappa shape index (κ2) is 10.6. The number of carbonyl (C=O) groups is 2. The van der Waals surface area contributed by atoms with Crippen molar-refractivity contribution in [2.75, 3.05) is 17.2 Å². The molecule has 1 fully saturated rings. The molecule has 2 aromatic carbocycles. The average Bonchev–Trinajstić information content (AvgIpc) is 3.64. The summed E-state index contributed by atoms with van der Waals surface area (Å²) in [6, 6.07) is 21.4. The van der Waals surface area contributed by atoms with E-state index in [0.717, 1.165) is 29.8 Å². The highest BCUT2D eigenvalue weighted by Crippen LogP contribution is 2.26. The van der Waals surface area contributed by atoms with Crippen molar-refractivity contribution in [2.45, 2.75) is 31.1 Å². The van der Waals surface area contributed by atoms with Gasteiger partial charge in [-0.1, -0.05) is 54.2 Å². The molecule has 8 nitrogen and oxygen atoms in total. The van der Waals surface area contributed by atoms with Gasteiger partial charge in [0.25, 0.3) is 0 Å². The number of anilines is 1. The summed E-state index contributed by atoms with van der Waals surface area (Å²) in [6.45, 7) is 1.75. The summed E-state index contributed by atoms with van der Waals surface area (Å²) in [6.07, 6.45) is 3.11. The molecule has 3 heterocycles. The van der Waals surface area contributed by atoms with Crippen molar-refractivity contribution in [3.05, 3.63) is 84.1 Å². The van der Waals surface area contributed by atoms with Gasteiger partial charge in [0.2, 0.25) is 17.6 Å². The van der Waals surface area contributed by atoms with E-state index in [1.165, 1.54) is 11.8 Å². The molecule has 178 valence electrons. The van der Waals surface area contributed by atoms with Crippen molar-refractivity contribution in [2.24, 2.45) is 0 Å². The smallest absolute Gasteiger partial charge is 0.230 e. The summed E-state index contributed by atoms with van der Waals surface area (Å²) in [5.41, 5.74) is 2.99. The van der Waals surface area contributed by atoms with E-state index in [1.54, 1.807) is 6.26 Å². The first-order chi connectivity index (χ1) is 17.2. The van der Waals surface area contributed by atoms with Crippen LogP contribution in [0.25, 0.3) is 11.6 Å². The molecular weight excluding hydrogens is 462 g/mol. The van der Waals surface area contributed by atoms with Crippen LogP contribution in [0.2, 0.25) is 0 Å². The average molecular weight is 488 g/mol. The van der Waals surface area contributed by atoms with Crippen LogP contribution in [0.4, 0.5) is 5.69 Å². The maximum atomic E-state index is 12.6. The number of amides is 2. The number of furan rings is 1. The third-order valence-corrected chi connectivity index (χ3v) is 6.75. The van der Waals surface area contributed by atoms with E-state index in [-0.39, 0.29) is 17.6 Å².